The minimum atomic E-state index is -0.243. The first-order chi connectivity index (χ1) is 14.0. The van der Waals surface area contributed by atoms with Gasteiger partial charge in [0, 0.05) is 21.7 Å². The maximum atomic E-state index is 12.6. The van der Waals surface area contributed by atoms with Gasteiger partial charge in [0.1, 0.15) is 0 Å². The van der Waals surface area contributed by atoms with E-state index in [0.29, 0.717) is 16.3 Å². The Morgan fingerprint density at radius 1 is 1.10 bits per heavy atom. The van der Waals surface area contributed by atoms with Crippen LogP contribution < -0.4 is 5.69 Å². The summed E-state index contributed by atoms with van der Waals surface area (Å²) in [5.74, 6) is -0.139. The van der Waals surface area contributed by atoms with Crippen molar-refractivity contribution in [2.24, 2.45) is 0 Å². The normalized spacial score (nSPS) is 11.2. The lowest BCUT2D eigenvalue weighted by Crippen LogP contribution is -2.14. The third kappa shape index (κ3) is 4.31. The Balaban J connectivity index is 1.60. The first-order valence-corrected chi connectivity index (χ1v) is 10.2. The Hall–Kier alpha value is -3.15. The molecule has 0 spiro atoms. The van der Waals surface area contributed by atoms with E-state index in [1.165, 1.54) is 15.5 Å². The lowest BCUT2D eigenvalue weighted by atomic mass is 10.1. The number of carbonyl (C=O) groups is 1. The molecule has 0 bridgehead atoms. The zero-order valence-electron chi connectivity index (χ0n) is 15.6. The molecular formula is C23H17ClN2O2S. The summed E-state index contributed by atoms with van der Waals surface area (Å²) in [5.41, 5.74) is 2.54. The Kier molecular flexibility index (Phi) is 5.34. The number of H-pyrrole nitrogens is 1. The number of benzene rings is 2. The number of halogens is 1. The van der Waals surface area contributed by atoms with Crippen LogP contribution in [-0.2, 0) is 0 Å². The largest absolute Gasteiger partial charge is 0.330 e. The molecule has 0 aliphatic rings. The van der Waals surface area contributed by atoms with Gasteiger partial charge in [-0.05, 0) is 55.0 Å². The number of nitrogens with zero attached hydrogens (tertiary/aromatic N) is 1. The molecule has 0 amide bonds. The molecule has 0 fully saturated rings. The van der Waals surface area contributed by atoms with E-state index in [1.807, 2.05) is 31.2 Å². The van der Waals surface area contributed by atoms with Crippen molar-refractivity contribution >= 4 is 34.8 Å². The predicted octanol–water partition coefficient (Wildman–Crippen LogP) is 5.75. The summed E-state index contributed by atoms with van der Waals surface area (Å²) in [6.45, 7) is 2.02. The molecule has 29 heavy (non-hydrogen) atoms. The molecule has 0 saturated carbocycles. The molecular weight excluding hydrogens is 404 g/mol. The number of nitrogens with one attached hydrogen (secondary N) is 1. The Labute approximate surface area is 176 Å². The number of allylic oxidation sites excluding steroid dienone is 1. The van der Waals surface area contributed by atoms with E-state index in [9.17, 15) is 9.59 Å². The first-order valence-electron chi connectivity index (χ1n) is 8.96. The number of aromatic amines is 1. The second-order valence-electron chi connectivity index (χ2n) is 6.55. The van der Waals surface area contributed by atoms with Gasteiger partial charge in [-0.25, -0.2) is 4.79 Å². The molecule has 0 aliphatic carbocycles. The van der Waals surface area contributed by atoms with E-state index >= 15 is 0 Å². The molecule has 0 aliphatic heterocycles. The van der Waals surface area contributed by atoms with E-state index in [0.717, 1.165) is 16.1 Å². The van der Waals surface area contributed by atoms with Crippen LogP contribution in [0.1, 0.15) is 20.8 Å². The van der Waals surface area contributed by atoms with Crippen molar-refractivity contribution in [3.63, 3.8) is 0 Å². The van der Waals surface area contributed by atoms with Gasteiger partial charge in [0.25, 0.3) is 0 Å². The van der Waals surface area contributed by atoms with Crippen molar-refractivity contribution in [2.45, 2.75) is 6.92 Å². The van der Waals surface area contributed by atoms with Crippen molar-refractivity contribution in [1.82, 2.24) is 9.55 Å². The third-order valence-corrected chi connectivity index (χ3v) is 5.72. The van der Waals surface area contributed by atoms with Crippen LogP contribution in [0.5, 0.6) is 0 Å². The highest BCUT2D eigenvalue weighted by molar-refractivity contribution is 7.15. The van der Waals surface area contributed by atoms with Gasteiger partial charge in [-0.2, -0.15) is 0 Å². The monoisotopic (exact) mass is 420 g/mol. The summed E-state index contributed by atoms with van der Waals surface area (Å²) in [6.07, 6.45) is 5.02. The molecule has 4 nitrogen and oxygen atoms in total. The highest BCUT2D eigenvalue weighted by Gasteiger charge is 2.10. The van der Waals surface area contributed by atoms with Gasteiger partial charge in [-0.15, -0.1) is 11.3 Å². The van der Waals surface area contributed by atoms with Crippen LogP contribution in [-0.4, -0.2) is 15.3 Å². The molecule has 1 N–H and O–H groups in total. The van der Waals surface area contributed by atoms with Crippen molar-refractivity contribution in [1.29, 1.82) is 0 Å². The van der Waals surface area contributed by atoms with Gasteiger partial charge >= 0.3 is 5.69 Å². The first kappa shape index (κ1) is 19.2. The number of imidazole rings is 1. The van der Waals surface area contributed by atoms with E-state index in [4.69, 9.17) is 11.6 Å². The highest BCUT2D eigenvalue weighted by Crippen LogP contribution is 2.26. The summed E-state index contributed by atoms with van der Waals surface area (Å²) in [6, 6.07) is 18.3. The topological polar surface area (TPSA) is 54.9 Å². The van der Waals surface area contributed by atoms with Gasteiger partial charge in [-0.1, -0.05) is 41.9 Å². The van der Waals surface area contributed by atoms with Crippen LogP contribution in [0.2, 0.25) is 5.02 Å². The molecule has 0 saturated heterocycles. The van der Waals surface area contributed by atoms with E-state index in [2.05, 4.69) is 4.98 Å². The number of aromatic nitrogens is 2. The van der Waals surface area contributed by atoms with E-state index in [-0.39, 0.29) is 11.5 Å². The van der Waals surface area contributed by atoms with Crippen molar-refractivity contribution in [3.8, 4) is 16.3 Å². The summed E-state index contributed by atoms with van der Waals surface area (Å²) >= 11 is 7.50. The number of carbonyl (C=O) groups excluding carboxylic acids is 1. The second-order valence-corrected chi connectivity index (χ2v) is 8.28. The highest BCUT2D eigenvalue weighted by atomic mass is 35.5. The van der Waals surface area contributed by atoms with Crippen LogP contribution in [0.15, 0.2) is 77.7 Å². The zero-order valence-corrected chi connectivity index (χ0v) is 17.1. The Bertz CT molecular complexity index is 1260. The van der Waals surface area contributed by atoms with Crippen LogP contribution in [0.25, 0.3) is 22.3 Å². The Morgan fingerprint density at radius 2 is 1.90 bits per heavy atom. The number of rotatable bonds is 5. The Morgan fingerprint density at radius 3 is 2.62 bits per heavy atom. The number of thiophene rings is 1. The predicted molar refractivity (Wildman–Crippen MR) is 119 cm³/mol. The molecule has 2 aromatic carbocycles. The van der Waals surface area contributed by atoms with Gasteiger partial charge < -0.3 is 4.98 Å². The number of aryl methyl sites for hydroxylation is 1. The summed E-state index contributed by atoms with van der Waals surface area (Å²) in [4.78, 5) is 30.1. The van der Waals surface area contributed by atoms with Gasteiger partial charge in [-0.3, -0.25) is 9.36 Å². The minimum Gasteiger partial charge on any atom is -0.305 e. The fraction of sp³-hybridized carbons (Fsp3) is 0.0435. The van der Waals surface area contributed by atoms with Crippen LogP contribution in [0, 0.1) is 6.92 Å². The zero-order chi connectivity index (χ0) is 20.4. The fourth-order valence-corrected chi connectivity index (χ4v) is 3.90. The lowest BCUT2D eigenvalue weighted by molar-refractivity contribution is 0.104. The standard InChI is InChI=1S/C23H17ClN2O2S/c1-15-5-12-22(29-15)20-14-26(23(28)25-20)19-4-2-3-17(13-19)21(27)11-8-16-6-9-18(24)10-7-16/h2-14H,1H3,(H,25,28)/b11-8+. The maximum Gasteiger partial charge on any atom is 0.330 e. The smallest absolute Gasteiger partial charge is 0.305 e. The molecule has 4 aromatic rings. The summed E-state index contributed by atoms with van der Waals surface area (Å²) < 4.78 is 1.52. The number of hydrogen-bond acceptors (Lipinski definition) is 3. The van der Waals surface area contributed by atoms with Gasteiger partial charge in [0.15, 0.2) is 5.78 Å². The van der Waals surface area contributed by atoms with E-state index < -0.39 is 0 Å². The quantitative estimate of drug-likeness (QED) is 0.330. The molecule has 6 heteroatoms. The SMILES string of the molecule is Cc1ccc(-c2cn(-c3cccc(C(=O)/C=C/c4ccc(Cl)cc4)c3)c(=O)[nH]2)s1. The van der Waals surface area contributed by atoms with Gasteiger partial charge in [0.2, 0.25) is 0 Å². The third-order valence-electron chi connectivity index (χ3n) is 4.43. The maximum absolute atomic E-state index is 12.6. The van der Waals surface area contributed by atoms with Crippen LogP contribution in [0.4, 0.5) is 0 Å². The average Bonchev–Trinajstić information content (AvgIpc) is 3.33. The van der Waals surface area contributed by atoms with Crippen LogP contribution >= 0.6 is 22.9 Å². The van der Waals surface area contributed by atoms with Gasteiger partial charge in [0.05, 0.1) is 16.3 Å². The minimum absolute atomic E-state index is 0.139. The van der Waals surface area contributed by atoms with Crippen molar-refractivity contribution < 1.29 is 4.79 Å². The lowest BCUT2D eigenvalue weighted by Gasteiger charge is -2.03. The molecule has 2 heterocycles. The van der Waals surface area contributed by atoms with Crippen molar-refractivity contribution in [2.75, 3.05) is 0 Å². The summed E-state index contributed by atoms with van der Waals surface area (Å²) in [7, 11) is 0. The van der Waals surface area contributed by atoms with E-state index in [1.54, 1.807) is 60.0 Å². The van der Waals surface area contributed by atoms with Crippen molar-refractivity contribution in [3.05, 3.63) is 104 Å². The summed E-state index contributed by atoms with van der Waals surface area (Å²) in [5, 5.41) is 0.648. The molecule has 4 rings (SSSR count). The molecule has 2 aromatic heterocycles. The van der Waals surface area contributed by atoms with Crippen LogP contribution in [0.3, 0.4) is 0 Å². The second kappa shape index (κ2) is 8.07. The fourth-order valence-electron chi connectivity index (χ4n) is 2.94. The molecule has 0 unspecified atom stereocenters. The molecule has 144 valence electrons. The average molecular weight is 421 g/mol. The molecule has 0 atom stereocenters. The molecule has 0 radical (unpaired) electrons. The number of ketones is 1. The number of hydrogen-bond donors (Lipinski definition) is 1.